The van der Waals surface area contributed by atoms with Gasteiger partial charge in [-0.05, 0) is 53.5 Å². The van der Waals surface area contributed by atoms with Crippen molar-refractivity contribution in [2.45, 2.75) is 20.0 Å². The second-order valence-electron chi connectivity index (χ2n) is 8.22. The number of non-ortho nitro benzene ring substituents is 1. The topological polar surface area (TPSA) is 128 Å². The lowest BCUT2D eigenvalue weighted by Gasteiger charge is -2.26. The maximum Gasteiger partial charge on any atom is 0.335 e. The number of nitro benzene ring substituents is 1. The molecular weight excluding hydrogens is 558 g/mol. The minimum Gasteiger partial charge on any atom is -0.493 e. The van der Waals surface area contributed by atoms with Crippen molar-refractivity contribution in [3.8, 4) is 11.5 Å². The number of hydrogen-bond donors (Lipinski definition) is 1. The van der Waals surface area contributed by atoms with Crippen molar-refractivity contribution < 1.29 is 28.8 Å². The molecule has 0 aliphatic carbocycles. The highest BCUT2D eigenvalue weighted by atomic mass is 79.9. The summed E-state index contributed by atoms with van der Waals surface area (Å²) in [5.41, 5.74) is 2.10. The summed E-state index contributed by atoms with van der Waals surface area (Å²) < 4.78 is 11.7. The van der Waals surface area contributed by atoms with E-state index in [-0.39, 0.29) is 17.9 Å². The Bertz CT molecular complexity index is 1470. The first kappa shape index (κ1) is 26.6. The average Bonchev–Trinajstić information content (AvgIpc) is 2.91. The van der Waals surface area contributed by atoms with Crippen molar-refractivity contribution in [2.75, 3.05) is 12.0 Å². The maximum atomic E-state index is 13.2. The van der Waals surface area contributed by atoms with Gasteiger partial charge in [0.15, 0.2) is 11.5 Å². The van der Waals surface area contributed by atoms with Crippen LogP contribution in [0.25, 0.3) is 6.08 Å². The Kier molecular flexibility index (Phi) is 7.87. The first-order valence-corrected chi connectivity index (χ1v) is 12.2. The first-order valence-electron chi connectivity index (χ1n) is 11.5. The van der Waals surface area contributed by atoms with Gasteiger partial charge in [0.25, 0.3) is 17.5 Å². The summed E-state index contributed by atoms with van der Waals surface area (Å²) in [5.74, 6) is -0.948. The number of carbonyl (C=O) groups excluding carboxylic acids is 3. The van der Waals surface area contributed by atoms with Gasteiger partial charge in [0.1, 0.15) is 12.2 Å². The molecule has 1 heterocycles. The number of barbiturate groups is 1. The molecule has 0 unspecified atom stereocenters. The number of hydrogen-bond acceptors (Lipinski definition) is 7. The number of urea groups is 1. The molecule has 0 radical (unpaired) electrons. The molecule has 194 valence electrons. The summed E-state index contributed by atoms with van der Waals surface area (Å²) in [5, 5.41) is 13.2. The van der Waals surface area contributed by atoms with Crippen LogP contribution in [0.4, 0.5) is 16.2 Å². The Hall–Kier alpha value is -4.51. The van der Waals surface area contributed by atoms with Gasteiger partial charge in [-0.25, -0.2) is 9.69 Å². The number of carbonyl (C=O) groups is 3. The van der Waals surface area contributed by atoms with Gasteiger partial charge in [0.2, 0.25) is 0 Å². The van der Waals surface area contributed by atoms with Gasteiger partial charge in [-0.3, -0.25) is 25.0 Å². The van der Waals surface area contributed by atoms with Gasteiger partial charge >= 0.3 is 6.03 Å². The lowest BCUT2D eigenvalue weighted by atomic mass is 10.1. The fourth-order valence-corrected chi connectivity index (χ4v) is 4.22. The number of ether oxygens (including phenoxy) is 2. The van der Waals surface area contributed by atoms with Gasteiger partial charge < -0.3 is 9.47 Å². The summed E-state index contributed by atoms with van der Waals surface area (Å²) in [6.07, 6.45) is 2.15. The molecule has 3 aromatic carbocycles. The van der Waals surface area contributed by atoms with Crippen LogP contribution in [0.3, 0.4) is 0 Å². The van der Waals surface area contributed by atoms with Gasteiger partial charge in [0.05, 0.1) is 17.7 Å². The number of nitro groups is 1. The molecular formula is C27H22BrN3O7. The number of methoxy groups -OCH3 is 1. The van der Waals surface area contributed by atoms with Gasteiger partial charge in [-0.1, -0.05) is 47.1 Å². The van der Waals surface area contributed by atoms with Gasteiger partial charge in [-0.15, -0.1) is 0 Å². The quantitative estimate of drug-likeness (QED) is 0.168. The van der Waals surface area contributed by atoms with Crippen molar-refractivity contribution in [2.24, 2.45) is 0 Å². The monoisotopic (exact) mass is 579 g/mol. The maximum absolute atomic E-state index is 13.2. The zero-order valence-electron chi connectivity index (χ0n) is 20.4. The van der Waals surface area contributed by atoms with Crippen LogP contribution in [0, 0.1) is 10.1 Å². The Balaban J connectivity index is 1.62. The van der Waals surface area contributed by atoms with E-state index in [0.717, 1.165) is 16.9 Å². The van der Waals surface area contributed by atoms with E-state index in [0.29, 0.717) is 32.8 Å². The molecule has 4 rings (SSSR count). The van der Waals surface area contributed by atoms with Crippen LogP contribution in [-0.2, 0) is 22.6 Å². The predicted molar refractivity (Wildman–Crippen MR) is 143 cm³/mol. The molecule has 0 atom stereocenters. The van der Waals surface area contributed by atoms with Crippen molar-refractivity contribution in [3.05, 3.63) is 97.5 Å². The summed E-state index contributed by atoms with van der Waals surface area (Å²) >= 11 is 3.43. The van der Waals surface area contributed by atoms with E-state index in [1.807, 2.05) is 19.1 Å². The number of halogens is 1. The van der Waals surface area contributed by atoms with Crippen LogP contribution in [0.2, 0.25) is 0 Å². The zero-order chi connectivity index (χ0) is 27.4. The van der Waals surface area contributed by atoms with Crippen molar-refractivity contribution in [1.29, 1.82) is 0 Å². The molecule has 1 aliphatic rings. The molecule has 11 heteroatoms. The van der Waals surface area contributed by atoms with Crippen LogP contribution in [-0.4, -0.2) is 29.9 Å². The summed E-state index contributed by atoms with van der Waals surface area (Å²) in [7, 11) is 1.43. The molecule has 0 bridgehead atoms. The SMILES string of the molecule is CCc1ccc(N2C(=O)NC(=O)/C(=C/c3cc(OC)c(OCc4cccc([N+](=O)[O-])c4)cc3Br)C2=O)cc1. The Morgan fingerprint density at radius 3 is 2.42 bits per heavy atom. The van der Waals surface area contributed by atoms with Gasteiger partial charge in [-0.2, -0.15) is 0 Å². The van der Waals surface area contributed by atoms with Crippen molar-refractivity contribution >= 4 is 51.2 Å². The number of rotatable bonds is 8. The average molecular weight is 580 g/mol. The van der Waals surface area contributed by atoms with Crippen LogP contribution in [0.5, 0.6) is 11.5 Å². The second-order valence-corrected chi connectivity index (χ2v) is 9.07. The lowest BCUT2D eigenvalue weighted by Crippen LogP contribution is -2.54. The molecule has 1 aliphatic heterocycles. The predicted octanol–water partition coefficient (Wildman–Crippen LogP) is 5.17. The number of imide groups is 2. The van der Waals surface area contributed by atoms with Crippen LogP contribution in [0.15, 0.2) is 70.7 Å². The third-order valence-electron chi connectivity index (χ3n) is 5.80. The first-order chi connectivity index (χ1) is 18.2. The molecule has 1 N–H and O–H groups in total. The molecule has 1 saturated heterocycles. The van der Waals surface area contributed by atoms with E-state index in [4.69, 9.17) is 9.47 Å². The molecule has 0 spiro atoms. The molecule has 0 aromatic heterocycles. The smallest absolute Gasteiger partial charge is 0.335 e. The number of amides is 4. The molecule has 1 fully saturated rings. The molecule has 0 saturated carbocycles. The highest BCUT2D eigenvalue weighted by molar-refractivity contribution is 9.10. The van der Waals surface area contributed by atoms with Gasteiger partial charge in [0, 0.05) is 16.6 Å². The summed E-state index contributed by atoms with van der Waals surface area (Å²) in [4.78, 5) is 49.8. The third kappa shape index (κ3) is 5.57. The van der Waals surface area contributed by atoms with E-state index in [9.17, 15) is 24.5 Å². The van der Waals surface area contributed by atoms with Crippen molar-refractivity contribution in [1.82, 2.24) is 5.32 Å². The molecule has 38 heavy (non-hydrogen) atoms. The fraction of sp³-hybridized carbons (Fsp3) is 0.148. The number of nitrogens with zero attached hydrogens (tertiary/aromatic N) is 2. The standard InChI is InChI=1S/C27H22BrN3O7/c1-3-16-7-9-19(10-8-16)30-26(33)21(25(32)29-27(30)34)12-18-13-23(37-2)24(14-22(18)28)38-15-17-5-4-6-20(11-17)31(35)36/h4-14H,3,15H2,1-2H3,(H,29,32,34)/b21-12-. The molecule has 4 amide bonds. The summed E-state index contributed by atoms with van der Waals surface area (Å²) in [6.45, 7) is 2.03. The number of benzene rings is 3. The van der Waals surface area contributed by atoms with Crippen LogP contribution < -0.4 is 19.7 Å². The Morgan fingerprint density at radius 1 is 1.03 bits per heavy atom. The van der Waals surface area contributed by atoms with Crippen LogP contribution in [0.1, 0.15) is 23.6 Å². The van der Waals surface area contributed by atoms with E-state index in [1.54, 1.807) is 36.4 Å². The van der Waals surface area contributed by atoms with E-state index in [2.05, 4.69) is 21.2 Å². The Morgan fingerprint density at radius 2 is 1.76 bits per heavy atom. The normalized spacial score (nSPS) is 14.4. The van der Waals surface area contributed by atoms with E-state index in [1.165, 1.54) is 25.3 Å². The zero-order valence-corrected chi connectivity index (χ0v) is 22.0. The highest BCUT2D eigenvalue weighted by Gasteiger charge is 2.37. The number of aryl methyl sites for hydroxylation is 1. The van der Waals surface area contributed by atoms with E-state index >= 15 is 0 Å². The lowest BCUT2D eigenvalue weighted by molar-refractivity contribution is -0.384. The molecule has 3 aromatic rings. The largest absolute Gasteiger partial charge is 0.493 e. The highest BCUT2D eigenvalue weighted by Crippen LogP contribution is 2.36. The fourth-order valence-electron chi connectivity index (χ4n) is 3.78. The van der Waals surface area contributed by atoms with Crippen LogP contribution >= 0.6 is 15.9 Å². The Labute approximate surface area is 226 Å². The minimum absolute atomic E-state index is 0.0414. The molecule has 10 nitrogen and oxygen atoms in total. The number of anilines is 1. The summed E-state index contributed by atoms with van der Waals surface area (Å²) in [6, 6.07) is 15.3. The second kappa shape index (κ2) is 11.3. The van der Waals surface area contributed by atoms with Crippen molar-refractivity contribution in [3.63, 3.8) is 0 Å². The third-order valence-corrected chi connectivity index (χ3v) is 6.49. The minimum atomic E-state index is -0.831. The van der Waals surface area contributed by atoms with E-state index < -0.39 is 22.8 Å². The number of nitrogens with one attached hydrogen (secondary N) is 1.